The predicted octanol–water partition coefficient (Wildman–Crippen LogP) is 0.0366. The maximum absolute atomic E-state index is 12.6. The van der Waals surface area contributed by atoms with E-state index >= 15 is 0 Å². The lowest BCUT2D eigenvalue weighted by Gasteiger charge is -2.43. The summed E-state index contributed by atoms with van der Waals surface area (Å²) < 4.78 is 5.17. The maximum Gasteiger partial charge on any atom is 0.356 e. The zero-order chi connectivity index (χ0) is 19.7. The standard InChI is InChI=1S/C18H25N3O5S/c1-3-7-26-18(25)14-12(9-20-6-4-5-11(8-20)15(19)23)27-17-13(10(2)22)16(24)21(14)17/h3,10-11,13,17,22H,1,4-9H2,2H3,(H2,19,23)/t10-,11+,13+,17-/m1/s1. The highest BCUT2D eigenvalue weighted by molar-refractivity contribution is 8.04. The van der Waals surface area contributed by atoms with Crippen molar-refractivity contribution in [1.82, 2.24) is 9.80 Å². The number of amides is 2. The van der Waals surface area contributed by atoms with Crippen molar-refractivity contribution in [3.63, 3.8) is 0 Å². The quantitative estimate of drug-likeness (QED) is 0.355. The number of piperidine rings is 1. The highest BCUT2D eigenvalue weighted by Gasteiger charge is 2.57. The number of primary amides is 1. The maximum atomic E-state index is 12.6. The van der Waals surface area contributed by atoms with Gasteiger partial charge in [0.15, 0.2) is 0 Å². The number of esters is 1. The molecule has 0 spiro atoms. The highest BCUT2D eigenvalue weighted by atomic mass is 32.2. The molecule has 3 aliphatic rings. The Morgan fingerprint density at radius 3 is 2.89 bits per heavy atom. The summed E-state index contributed by atoms with van der Waals surface area (Å²) in [6.07, 6.45) is 2.30. The number of ether oxygens (including phenoxy) is 1. The van der Waals surface area contributed by atoms with Crippen LogP contribution in [-0.4, -0.2) is 70.4 Å². The van der Waals surface area contributed by atoms with Gasteiger partial charge in [-0.25, -0.2) is 4.79 Å². The number of β-lactam (4-membered cyclic amide) rings is 1. The Balaban J connectivity index is 1.80. The number of likely N-dealkylation sites (tertiary alicyclic amines) is 1. The summed E-state index contributed by atoms with van der Waals surface area (Å²) in [5.74, 6) is -1.88. The normalized spacial score (nSPS) is 29.2. The molecule has 0 aromatic carbocycles. The van der Waals surface area contributed by atoms with Crippen molar-refractivity contribution in [3.05, 3.63) is 23.3 Å². The summed E-state index contributed by atoms with van der Waals surface area (Å²) in [5, 5.41) is 9.59. The second-order valence-corrected chi connectivity index (χ2v) is 8.33. The third kappa shape index (κ3) is 3.76. The first-order valence-corrected chi connectivity index (χ1v) is 9.93. The van der Waals surface area contributed by atoms with Crippen molar-refractivity contribution in [1.29, 1.82) is 0 Å². The number of aliphatic hydroxyl groups is 1. The highest BCUT2D eigenvalue weighted by Crippen LogP contribution is 2.50. The van der Waals surface area contributed by atoms with Crippen LogP contribution in [0, 0.1) is 11.8 Å². The number of rotatable bonds is 7. The molecular formula is C18H25N3O5S. The molecule has 3 heterocycles. The summed E-state index contributed by atoms with van der Waals surface area (Å²) in [6, 6.07) is 0. The summed E-state index contributed by atoms with van der Waals surface area (Å²) in [7, 11) is 0. The van der Waals surface area contributed by atoms with Gasteiger partial charge in [0.25, 0.3) is 0 Å². The van der Waals surface area contributed by atoms with E-state index in [1.807, 2.05) is 0 Å². The van der Waals surface area contributed by atoms with Crippen LogP contribution >= 0.6 is 11.8 Å². The van der Waals surface area contributed by atoms with Crippen molar-refractivity contribution in [2.45, 2.75) is 31.2 Å². The molecule has 0 aliphatic carbocycles. The third-order valence-corrected chi connectivity index (χ3v) is 6.53. The van der Waals surface area contributed by atoms with E-state index in [4.69, 9.17) is 10.5 Å². The van der Waals surface area contributed by atoms with Gasteiger partial charge in [0, 0.05) is 18.0 Å². The van der Waals surface area contributed by atoms with Crippen molar-refractivity contribution in [3.8, 4) is 0 Å². The molecule has 0 saturated carbocycles. The molecule has 4 atom stereocenters. The SMILES string of the molecule is C=CCOC(=O)C1=C(CN2CCC[C@H](C(N)=O)C2)S[C@@H]2[C@@H]([C@@H](C)O)C(=O)N12. The summed E-state index contributed by atoms with van der Waals surface area (Å²) in [5.41, 5.74) is 5.69. The fraction of sp³-hybridized carbons (Fsp3) is 0.611. The van der Waals surface area contributed by atoms with E-state index in [9.17, 15) is 19.5 Å². The Bertz CT molecular complexity index is 692. The van der Waals surface area contributed by atoms with Gasteiger partial charge in [-0.15, -0.1) is 11.8 Å². The van der Waals surface area contributed by atoms with Gasteiger partial charge in [-0.05, 0) is 26.3 Å². The van der Waals surface area contributed by atoms with Crippen LogP contribution in [0.2, 0.25) is 0 Å². The van der Waals surface area contributed by atoms with Crippen LogP contribution in [0.5, 0.6) is 0 Å². The summed E-state index contributed by atoms with van der Waals surface area (Å²) in [4.78, 5) is 40.8. The molecule has 148 valence electrons. The van der Waals surface area contributed by atoms with E-state index < -0.39 is 18.0 Å². The number of hydrogen-bond donors (Lipinski definition) is 2. The number of carbonyl (C=O) groups is 3. The van der Waals surface area contributed by atoms with Crippen molar-refractivity contribution in [2.24, 2.45) is 17.6 Å². The first-order chi connectivity index (χ1) is 12.8. The average molecular weight is 395 g/mol. The van der Waals surface area contributed by atoms with E-state index in [1.165, 1.54) is 22.7 Å². The molecular weight excluding hydrogens is 370 g/mol. The molecule has 3 aliphatic heterocycles. The largest absolute Gasteiger partial charge is 0.457 e. The van der Waals surface area contributed by atoms with Crippen LogP contribution in [0.25, 0.3) is 0 Å². The second kappa shape index (κ2) is 8.04. The first kappa shape index (κ1) is 19.9. The van der Waals surface area contributed by atoms with Gasteiger partial charge in [-0.2, -0.15) is 0 Å². The third-order valence-electron chi connectivity index (χ3n) is 5.17. The van der Waals surface area contributed by atoms with Crippen molar-refractivity contribution < 1.29 is 24.2 Å². The lowest BCUT2D eigenvalue weighted by atomic mass is 9.92. The lowest BCUT2D eigenvalue weighted by molar-refractivity contribution is -0.158. The Kier molecular flexibility index (Phi) is 5.92. The fourth-order valence-electron chi connectivity index (χ4n) is 3.79. The number of hydrogen-bond acceptors (Lipinski definition) is 7. The Morgan fingerprint density at radius 1 is 1.52 bits per heavy atom. The second-order valence-electron chi connectivity index (χ2n) is 7.12. The van der Waals surface area contributed by atoms with Gasteiger partial charge in [0.05, 0.1) is 17.9 Å². The molecule has 27 heavy (non-hydrogen) atoms. The van der Waals surface area contributed by atoms with Gasteiger partial charge < -0.3 is 15.6 Å². The first-order valence-electron chi connectivity index (χ1n) is 9.05. The number of fused-ring (bicyclic) bond motifs is 1. The van der Waals surface area contributed by atoms with Crippen molar-refractivity contribution in [2.75, 3.05) is 26.2 Å². The van der Waals surface area contributed by atoms with E-state index in [1.54, 1.807) is 6.92 Å². The molecule has 0 aromatic rings. The number of thioether (sulfide) groups is 1. The number of aliphatic hydroxyl groups excluding tert-OH is 1. The zero-order valence-corrected chi connectivity index (χ0v) is 16.1. The molecule has 9 heteroatoms. The van der Waals surface area contributed by atoms with Gasteiger partial charge in [0.1, 0.15) is 17.7 Å². The number of nitrogens with two attached hydrogens (primary N) is 1. The number of carbonyl (C=O) groups excluding carboxylic acids is 3. The number of nitrogens with zero attached hydrogens (tertiary/aromatic N) is 2. The van der Waals surface area contributed by atoms with Crippen LogP contribution in [-0.2, 0) is 19.1 Å². The predicted molar refractivity (Wildman–Crippen MR) is 99.9 cm³/mol. The molecule has 2 saturated heterocycles. The van der Waals surface area contributed by atoms with Crippen LogP contribution in [0.15, 0.2) is 23.3 Å². The van der Waals surface area contributed by atoms with Gasteiger partial charge in [-0.3, -0.25) is 19.4 Å². The molecule has 3 rings (SSSR count). The minimum absolute atomic E-state index is 0.0558. The van der Waals surface area contributed by atoms with Crippen LogP contribution in [0.4, 0.5) is 0 Å². The Hall–Kier alpha value is -1.84. The molecule has 2 amide bonds. The fourth-order valence-corrected chi connectivity index (χ4v) is 5.44. The molecule has 2 fully saturated rings. The zero-order valence-electron chi connectivity index (χ0n) is 15.3. The molecule has 3 N–H and O–H groups in total. The topological polar surface area (TPSA) is 113 Å². The summed E-state index contributed by atoms with van der Waals surface area (Å²) >= 11 is 1.41. The smallest absolute Gasteiger partial charge is 0.356 e. The van der Waals surface area contributed by atoms with Crippen molar-refractivity contribution >= 4 is 29.5 Å². The minimum atomic E-state index is -0.787. The van der Waals surface area contributed by atoms with Crippen LogP contribution < -0.4 is 5.73 Å². The monoisotopic (exact) mass is 395 g/mol. The van der Waals surface area contributed by atoms with Gasteiger partial charge in [0.2, 0.25) is 11.8 Å². The van der Waals surface area contributed by atoms with E-state index in [0.29, 0.717) is 13.1 Å². The van der Waals surface area contributed by atoms with Gasteiger partial charge in [-0.1, -0.05) is 12.7 Å². The molecule has 0 radical (unpaired) electrons. The van der Waals surface area contributed by atoms with Gasteiger partial charge >= 0.3 is 5.97 Å². The average Bonchev–Trinajstić information content (AvgIpc) is 2.93. The van der Waals surface area contributed by atoms with Crippen LogP contribution in [0.1, 0.15) is 19.8 Å². The molecule has 0 bridgehead atoms. The molecule has 8 nitrogen and oxygen atoms in total. The molecule has 0 aromatic heterocycles. The minimum Gasteiger partial charge on any atom is -0.457 e. The van der Waals surface area contributed by atoms with Crippen LogP contribution in [0.3, 0.4) is 0 Å². The lowest BCUT2D eigenvalue weighted by Crippen LogP contribution is -2.60. The molecule has 0 unspecified atom stereocenters. The van der Waals surface area contributed by atoms with E-state index in [0.717, 1.165) is 24.3 Å². The van der Waals surface area contributed by atoms with E-state index in [-0.39, 0.29) is 35.4 Å². The Labute approximate surface area is 162 Å². The van der Waals surface area contributed by atoms with E-state index in [2.05, 4.69) is 11.5 Å². The summed E-state index contributed by atoms with van der Waals surface area (Å²) in [6.45, 7) is 6.94. The Morgan fingerprint density at radius 2 is 2.26 bits per heavy atom.